The SMILES string of the molecule is CCCCNC(=NCC(=O)N(C)C)NCCCn1ccnn1.I. The average Bonchev–Trinajstić information content (AvgIpc) is 3.01. The van der Waals surface area contributed by atoms with Gasteiger partial charge in [-0.15, -0.1) is 29.1 Å². The van der Waals surface area contributed by atoms with Crippen molar-refractivity contribution in [2.45, 2.75) is 32.7 Å². The van der Waals surface area contributed by atoms with E-state index in [9.17, 15) is 4.79 Å². The van der Waals surface area contributed by atoms with Crippen LogP contribution in [0.3, 0.4) is 0 Å². The first-order valence-electron chi connectivity index (χ1n) is 7.70. The van der Waals surface area contributed by atoms with Gasteiger partial charge in [0.2, 0.25) is 5.91 Å². The van der Waals surface area contributed by atoms with Crippen molar-refractivity contribution < 1.29 is 4.79 Å². The molecule has 1 aromatic heterocycles. The summed E-state index contributed by atoms with van der Waals surface area (Å²) in [6, 6.07) is 0. The Labute approximate surface area is 155 Å². The number of hydrogen-bond donors (Lipinski definition) is 2. The minimum atomic E-state index is -0.0146. The van der Waals surface area contributed by atoms with Gasteiger partial charge in [0.1, 0.15) is 6.54 Å². The number of aryl methyl sites for hydroxylation is 1. The molecular weight excluding hydrogens is 409 g/mol. The molecule has 0 fully saturated rings. The van der Waals surface area contributed by atoms with Crippen LogP contribution in [-0.2, 0) is 11.3 Å². The molecule has 0 saturated heterocycles. The Morgan fingerprint density at radius 2 is 1.96 bits per heavy atom. The lowest BCUT2D eigenvalue weighted by Crippen LogP contribution is -2.39. The van der Waals surface area contributed by atoms with Crippen molar-refractivity contribution in [3.63, 3.8) is 0 Å². The van der Waals surface area contributed by atoms with Crippen LogP contribution in [0.1, 0.15) is 26.2 Å². The summed E-state index contributed by atoms with van der Waals surface area (Å²) in [5.41, 5.74) is 0. The Kier molecular flexibility index (Phi) is 12.3. The molecule has 0 aliphatic heterocycles. The van der Waals surface area contributed by atoms with Crippen molar-refractivity contribution in [1.29, 1.82) is 0 Å². The second-order valence-electron chi connectivity index (χ2n) is 5.18. The van der Waals surface area contributed by atoms with Gasteiger partial charge in [-0.1, -0.05) is 18.6 Å². The van der Waals surface area contributed by atoms with Gasteiger partial charge in [-0.05, 0) is 12.8 Å². The molecule has 9 heteroatoms. The highest BCUT2D eigenvalue weighted by atomic mass is 127. The Morgan fingerprint density at radius 3 is 2.52 bits per heavy atom. The first kappa shape index (κ1) is 21.6. The third-order valence-corrected chi connectivity index (χ3v) is 3.02. The van der Waals surface area contributed by atoms with Crippen LogP contribution in [0.15, 0.2) is 17.4 Å². The van der Waals surface area contributed by atoms with E-state index in [4.69, 9.17) is 0 Å². The molecule has 132 valence electrons. The standard InChI is InChI=1S/C14H27N7O.HI/c1-4-5-7-15-14(17-12-13(22)20(2)3)16-8-6-10-21-11-9-18-19-21;/h9,11H,4-8,10,12H2,1-3H3,(H2,15,16,17);1H. The van der Waals surface area contributed by atoms with Crippen LogP contribution in [0.2, 0.25) is 0 Å². The summed E-state index contributed by atoms with van der Waals surface area (Å²) in [6.45, 7) is 4.69. The van der Waals surface area contributed by atoms with Gasteiger partial charge >= 0.3 is 0 Å². The van der Waals surface area contributed by atoms with Crippen LogP contribution < -0.4 is 10.6 Å². The normalized spacial score (nSPS) is 10.8. The molecule has 23 heavy (non-hydrogen) atoms. The van der Waals surface area contributed by atoms with Crippen molar-refractivity contribution in [1.82, 2.24) is 30.5 Å². The summed E-state index contributed by atoms with van der Waals surface area (Å²) in [5, 5.41) is 14.2. The van der Waals surface area contributed by atoms with Gasteiger partial charge in [0, 0.05) is 39.9 Å². The van der Waals surface area contributed by atoms with Gasteiger partial charge in [-0.3, -0.25) is 9.48 Å². The Hall–Kier alpha value is -1.39. The van der Waals surface area contributed by atoms with Crippen LogP contribution in [-0.4, -0.2) is 65.5 Å². The van der Waals surface area contributed by atoms with Gasteiger partial charge in [0.25, 0.3) is 0 Å². The predicted octanol–water partition coefficient (Wildman–Crippen LogP) is 0.710. The molecule has 1 rings (SSSR count). The third-order valence-electron chi connectivity index (χ3n) is 3.02. The molecule has 0 aliphatic rings. The van der Waals surface area contributed by atoms with E-state index in [1.165, 1.54) is 4.90 Å². The topological polar surface area (TPSA) is 87.4 Å². The number of amides is 1. The van der Waals surface area contributed by atoms with Crippen molar-refractivity contribution in [3.8, 4) is 0 Å². The number of hydrogen-bond acceptors (Lipinski definition) is 4. The zero-order chi connectivity index (χ0) is 16.2. The highest BCUT2D eigenvalue weighted by Gasteiger charge is 2.04. The van der Waals surface area contributed by atoms with E-state index in [1.54, 1.807) is 25.0 Å². The largest absolute Gasteiger partial charge is 0.356 e. The number of guanidine groups is 1. The summed E-state index contributed by atoms with van der Waals surface area (Å²) in [7, 11) is 3.46. The second kappa shape index (κ2) is 13.1. The number of nitrogens with one attached hydrogen (secondary N) is 2. The van der Waals surface area contributed by atoms with Crippen LogP contribution in [0.25, 0.3) is 0 Å². The van der Waals surface area contributed by atoms with E-state index in [2.05, 4.69) is 32.9 Å². The zero-order valence-electron chi connectivity index (χ0n) is 14.2. The summed E-state index contributed by atoms with van der Waals surface area (Å²) in [4.78, 5) is 17.5. The monoisotopic (exact) mass is 437 g/mol. The minimum absolute atomic E-state index is 0. The summed E-state index contributed by atoms with van der Waals surface area (Å²) in [5.74, 6) is 0.668. The summed E-state index contributed by atoms with van der Waals surface area (Å²) >= 11 is 0. The quantitative estimate of drug-likeness (QED) is 0.257. The van der Waals surface area contributed by atoms with Crippen LogP contribution >= 0.6 is 24.0 Å². The molecule has 1 aromatic rings. The lowest BCUT2D eigenvalue weighted by atomic mass is 10.3. The molecule has 0 atom stereocenters. The van der Waals surface area contributed by atoms with E-state index in [1.807, 2.05) is 6.20 Å². The highest BCUT2D eigenvalue weighted by molar-refractivity contribution is 14.0. The molecule has 8 nitrogen and oxygen atoms in total. The fourth-order valence-corrected chi connectivity index (χ4v) is 1.65. The number of rotatable bonds is 9. The maximum Gasteiger partial charge on any atom is 0.243 e. The Morgan fingerprint density at radius 1 is 1.26 bits per heavy atom. The van der Waals surface area contributed by atoms with Gasteiger partial charge < -0.3 is 15.5 Å². The second-order valence-corrected chi connectivity index (χ2v) is 5.18. The molecule has 0 unspecified atom stereocenters. The van der Waals surface area contributed by atoms with E-state index in [-0.39, 0.29) is 36.4 Å². The first-order valence-corrected chi connectivity index (χ1v) is 7.70. The predicted molar refractivity (Wildman–Crippen MR) is 102 cm³/mol. The highest BCUT2D eigenvalue weighted by Crippen LogP contribution is 1.88. The molecule has 1 heterocycles. The maximum atomic E-state index is 11.6. The van der Waals surface area contributed by atoms with E-state index in [0.29, 0.717) is 5.96 Å². The van der Waals surface area contributed by atoms with Crippen molar-refractivity contribution >= 4 is 35.8 Å². The number of aliphatic imine (C=N–C) groups is 1. The third kappa shape index (κ3) is 10.1. The van der Waals surface area contributed by atoms with Crippen LogP contribution in [0.4, 0.5) is 0 Å². The molecule has 0 bridgehead atoms. The molecule has 0 spiro atoms. The van der Waals surface area contributed by atoms with Crippen LogP contribution in [0, 0.1) is 0 Å². The molecule has 0 aromatic carbocycles. The Balaban J connectivity index is 0.00000484. The number of nitrogens with zero attached hydrogens (tertiary/aromatic N) is 5. The lowest BCUT2D eigenvalue weighted by Gasteiger charge is -2.13. The fourth-order valence-electron chi connectivity index (χ4n) is 1.65. The zero-order valence-corrected chi connectivity index (χ0v) is 16.5. The lowest BCUT2D eigenvalue weighted by molar-refractivity contribution is -0.127. The molecule has 2 N–H and O–H groups in total. The maximum absolute atomic E-state index is 11.6. The summed E-state index contributed by atoms with van der Waals surface area (Å²) in [6.07, 6.45) is 6.59. The number of likely N-dealkylation sites (N-methyl/N-ethyl adjacent to an activating group) is 1. The van der Waals surface area contributed by atoms with Gasteiger partial charge in [0.05, 0.1) is 6.20 Å². The average molecular weight is 437 g/mol. The molecule has 0 saturated carbocycles. The number of carbonyl (C=O) groups excluding carboxylic acids is 1. The molecule has 0 radical (unpaired) electrons. The molecule has 1 amide bonds. The van der Waals surface area contributed by atoms with E-state index in [0.717, 1.165) is 38.9 Å². The van der Waals surface area contributed by atoms with E-state index >= 15 is 0 Å². The fraction of sp³-hybridized carbons (Fsp3) is 0.714. The van der Waals surface area contributed by atoms with E-state index < -0.39 is 0 Å². The van der Waals surface area contributed by atoms with Crippen molar-refractivity contribution in [2.75, 3.05) is 33.7 Å². The smallest absolute Gasteiger partial charge is 0.243 e. The number of aromatic nitrogens is 3. The molecule has 0 aliphatic carbocycles. The van der Waals surface area contributed by atoms with Crippen molar-refractivity contribution in [3.05, 3.63) is 12.4 Å². The van der Waals surface area contributed by atoms with Gasteiger partial charge in [0.15, 0.2) is 5.96 Å². The minimum Gasteiger partial charge on any atom is -0.356 e. The molecular formula is C14H28IN7O. The van der Waals surface area contributed by atoms with Crippen LogP contribution in [0.5, 0.6) is 0 Å². The summed E-state index contributed by atoms with van der Waals surface area (Å²) < 4.78 is 1.79. The van der Waals surface area contributed by atoms with Gasteiger partial charge in [-0.25, -0.2) is 4.99 Å². The Bertz CT molecular complexity index is 448. The number of carbonyl (C=O) groups is 1. The number of halogens is 1. The van der Waals surface area contributed by atoms with Gasteiger partial charge in [-0.2, -0.15) is 0 Å². The van der Waals surface area contributed by atoms with Crippen molar-refractivity contribution in [2.24, 2.45) is 4.99 Å². The first-order chi connectivity index (χ1) is 10.6. The number of unbranched alkanes of at least 4 members (excludes halogenated alkanes) is 1.